The molecule has 7 nitrogen and oxygen atoms in total. The fourth-order valence-corrected chi connectivity index (χ4v) is 4.71. The number of anilines is 1. The number of carbonyl (C=O) groups excluding carboxylic acids is 1. The molecule has 2 heterocycles. The molecule has 3 rings (SSSR count). The zero-order valence-electron chi connectivity index (χ0n) is 16.6. The lowest BCUT2D eigenvalue weighted by Gasteiger charge is -2.14. The molecule has 0 fully saturated rings. The molecule has 0 atom stereocenters. The largest absolute Gasteiger partial charge is 0.346 e. The van der Waals surface area contributed by atoms with Gasteiger partial charge >= 0.3 is 0 Å². The van der Waals surface area contributed by atoms with Crippen LogP contribution in [0.4, 0.5) is 5.69 Å². The van der Waals surface area contributed by atoms with Crippen molar-refractivity contribution in [3.05, 3.63) is 47.3 Å². The van der Waals surface area contributed by atoms with Crippen molar-refractivity contribution in [2.45, 2.75) is 51.5 Å². The van der Waals surface area contributed by atoms with Crippen LogP contribution in [0.2, 0.25) is 0 Å². The summed E-state index contributed by atoms with van der Waals surface area (Å²) >= 11 is 0. The van der Waals surface area contributed by atoms with Gasteiger partial charge in [-0.1, -0.05) is 6.07 Å². The van der Waals surface area contributed by atoms with Crippen molar-refractivity contribution in [2.24, 2.45) is 4.99 Å². The third-order valence-electron chi connectivity index (χ3n) is 4.77. The number of aryl methyl sites for hydroxylation is 1. The van der Waals surface area contributed by atoms with Gasteiger partial charge in [-0.05, 0) is 58.4 Å². The lowest BCUT2D eigenvalue weighted by atomic mass is 10.2. The Hall–Kier alpha value is -2.61. The second-order valence-electron chi connectivity index (χ2n) is 7.27. The van der Waals surface area contributed by atoms with Crippen LogP contribution < -0.4 is 10.0 Å². The van der Waals surface area contributed by atoms with E-state index in [-0.39, 0.29) is 16.8 Å². The van der Waals surface area contributed by atoms with Gasteiger partial charge in [-0.2, -0.15) is 0 Å². The molecule has 0 spiro atoms. The first kappa shape index (κ1) is 20.1. The molecule has 0 saturated heterocycles. The molecular formula is C20H26N4O3S. The van der Waals surface area contributed by atoms with Crippen LogP contribution in [0.5, 0.6) is 0 Å². The Kier molecular flexibility index (Phi) is 5.60. The third-order valence-corrected chi connectivity index (χ3v) is 6.15. The maximum atomic E-state index is 12.8. The maximum absolute atomic E-state index is 12.8. The van der Waals surface area contributed by atoms with Gasteiger partial charge in [-0.3, -0.25) is 14.5 Å². The highest BCUT2D eigenvalue weighted by Crippen LogP contribution is 2.22. The number of rotatable bonds is 5. The molecule has 1 aliphatic heterocycles. The summed E-state index contributed by atoms with van der Waals surface area (Å²) in [5, 5.41) is 2.81. The number of amidine groups is 1. The van der Waals surface area contributed by atoms with E-state index in [1.165, 1.54) is 12.1 Å². The quantitative estimate of drug-likeness (QED) is 0.803. The van der Waals surface area contributed by atoms with Gasteiger partial charge in [-0.25, -0.2) is 8.42 Å². The van der Waals surface area contributed by atoms with Crippen molar-refractivity contribution in [1.29, 1.82) is 0 Å². The summed E-state index contributed by atoms with van der Waals surface area (Å²) < 4.78 is 29.8. The van der Waals surface area contributed by atoms with Crippen LogP contribution in [0.25, 0.3) is 0 Å². The number of hydrogen-bond donors (Lipinski definition) is 2. The molecule has 1 aromatic heterocycles. The predicted molar refractivity (Wildman–Crippen MR) is 111 cm³/mol. The lowest BCUT2D eigenvalue weighted by molar-refractivity contribution is 0.102. The Labute approximate surface area is 165 Å². The molecule has 0 unspecified atom stereocenters. The average molecular weight is 403 g/mol. The fourth-order valence-electron chi connectivity index (χ4n) is 3.58. The second kappa shape index (κ2) is 7.79. The number of aliphatic imine (C=N–C) groups is 1. The van der Waals surface area contributed by atoms with Gasteiger partial charge in [0.15, 0.2) is 0 Å². The van der Waals surface area contributed by atoms with Crippen molar-refractivity contribution < 1.29 is 13.2 Å². The molecule has 1 aromatic carbocycles. The minimum absolute atomic E-state index is 0.0903. The summed E-state index contributed by atoms with van der Waals surface area (Å²) in [6.45, 7) is 8.65. The van der Waals surface area contributed by atoms with Crippen molar-refractivity contribution >= 4 is 27.5 Å². The molecular weight excluding hydrogens is 376 g/mol. The predicted octanol–water partition coefficient (Wildman–Crippen LogP) is 3.41. The van der Waals surface area contributed by atoms with Crippen LogP contribution >= 0.6 is 0 Å². The standard InChI is InChI=1S/C20H26N4O3S/c1-13(2)24-14(3)11-18(15(24)4)20(25)22-16-7-5-8-17(12-16)28(26,27)23-19-9-6-10-21-19/h5,7-8,11-13H,6,9-10H2,1-4H3,(H,21,23)(H,22,25). The molecule has 28 heavy (non-hydrogen) atoms. The van der Waals surface area contributed by atoms with Gasteiger partial charge in [0.25, 0.3) is 15.9 Å². The third kappa shape index (κ3) is 4.11. The second-order valence-corrected chi connectivity index (χ2v) is 8.95. The number of aromatic nitrogens is 1. The van der Waals surface area contributed by atoms with Crippen molar-refractivity contribution in [1.82, 2.24) is 9.29 Å². The molecule has 1 amide bonds. The first-order chi connectivity index (χ1) is 13.2. The Morgan fingerprint density at radius 2 is 1.96 bits per heavy atom. The highest BCUT2D eigenvalue weighted by atomic mass is 32.2. The van der Waals surface area contributed by atoms with E-state index >= 15 is 0 Å². The molecule has 0 radical (unpaired) electrons. The number of benzene rings is 1. The fraction of sp³-hybridized carbons (Fsp3) is 0.400. The van der Waals surface area contributed by atoms with E-state index in [1.54, 1.807) is 12.1 Å². The van der Waals surface area contributed by atoms with Crippen molar-refractivity contribution in [3.63, 3.8) is 0 Å². The van der Waals surface area contributed by atoms with Crippen LogP contribution in [0.3, 0.4) is 0 Å². The topological polar surface area (TPSA) is 92.6 Å². The Morgan fingerprint density at radius 1 is 1.21 bits per heavy atom. The van der Waals surface area contributed by atoms with Gasteiger partial charge in [0.05, 0.1) is 10.5 Å². The minimum atomic E-state index is -3.72. The molecule has 1 aliphatic rings. The normalized spacial score (nSPS) is 14.2. The van der Waals surface area contributed by atoms with E-state index in [0.29, 0.717) is 30.1 Å². The van der Waals surface area contributed by atoms with E-state index < -0.39 is 10.0 Å². The molecule has 2 aromatic rings. The molecule has 0 saturated carbocycles. The molecule has 0 bridgehead atoms. The molecule has 0 aliphatic carbocycles. The van der Waals surface area contributed by atoms with Gasteiger partial charge in [0.2, 0.25) is 0 Å². The van der Waals surface area contributed by atoms with Crippen LogP contribution in [-0.4, -0.2) is 31.3 Å². The molecule has 2 N–H and O–H groups in total. The van der Waals surface area contributed by atoms with E-state index in [1.807, 2.05) is 19.9 Å². The van der Waals surface area contributed by atoms with Crippen molar-refractivity contribution in [3.8, 4) is 0 Å². The molecule has 150 valence electrons. The summed E-state index contributed by atoms with van der Waals surface area (Å²) in [4.78, 5) is 17.0. The number of hydrogen-bond acceptors (Lipinski definition) is 4. The number of nitrogens with zero attached hydrogens (tertiary/aromatic N) is 2. The van der Waals surface area contributed by atoms with Gasteiger partial charge in [0, 0.05) is 36.1 Å². The monoisotopic (exact) mass is 402 g/mol. The minimum Gasteiger partial charge on any atom is -0.346 e. The summed E-state index contributed by atoms with van der Waals surface area (Å²) in [7, 11) is -3.72. The maximum Gasteiger partial charge on any atom is 0.262 e. The zero-order valence-corrected chi connectivity index (χ0v) is 17.4. The van der Waals surface area contributed by atoms with Gasteiger partial charge < -0.3 is 9.88 Å². The number of amides is 1. The van der Waals surface area contributed by atoms with Crippen LogP contribution in [-0.2, 0) is 10.0 Å². The Morgan fingerprint density at radius 3 is 2.57 bits per heavy atom. The number of sulfonamides is 1. The van der Waals surface area contributed by atoms with Crippen LogP contribution in [0.15, 0.2) is 40.2 Å². The highest BCUT2D eigenvalue weighted by molar-refractivity contribution is 7.90. The summed E-state index contributed by atoms with van der Waals surface area (Å²) in [5.41, 5.74) is 2.90. The Bertz CT molecular complexity index is 1040. The van der Waals surface area contributed by atoms with E-state index in [4.69, 9.17) is 0 Å². The summed E-state index contributed by atoms with van der Waals surface area (Å²) in [6.07, 6.45) is 1.48. The number of nitrogens with one attached hydrogen (secondary N) is 2. The summed E-state index contributed by atoms with van der Waals surface area (Å²) in [5.74, 6) is 0.221. The van der Waals surface area contributed by atoms with E-state index in [9.17, 15) is 13.2 Å². The van der Waals surface area contributed by atoms with E-state index in [2.05, 4.69) is 33.4 Å². The SMILES string of the molecule is Cc1cc(C(=O)Nc2cccc(S(=O)(=O)NC3=NCCC3)c2)c(C)n1C(C)C. The first-order valence-corrected chi connectivity index (χ1v) is 10.8. The first-order valence-electron chi connectivity index (χ1n) is 9.35. The summed E-state index contributed by atoms with van der Waals surface area (Å²) in [6, 6.07) is 8.34. The lowest BCUT2D eigenvalue weighted by Crippen LogP contribution is -2.29. The van der Waals surface area contributed by atoms with Gasteiger partial charge in [0.1, 0.15) is 5.84 Å². The van der Waals surface area contributed by atoms with Crippen LogP contribution in [0.1, 0.15) is 54.5 Å². The van der Waals surface area contributed by atoms with E-state index in [0.717, 1.165) is 17.8 Å². The smallest absolute Gasteiger partial charge is 0.262 e. The zero-order chi connectivity index (χ0) is 20.5. The molecule has 8 heteroatoms. The van der Waals surface area contributed by atoms with Crippen LogP contribution in [0, 0.1) is 13.8 Å². The average Bonchev–Trinajstić information content (AvgIpc) is 3.22. The highest BCUT2D eigenvalue weighted by Gasteiger charge is 2.20. The van der Waals surface area contributed by atoms with Crippen molar-refractivity contribution in [2.75, 3.05) is 11.9 Å². The van der Waals surface area contributed by atoms with Gasteiger partial charge in [-0.15, -0.1) is 0 Å². The number of carbonyl (C=O) groups is 1. The Balaban J connectivity index is 1.81.